The lowest BCUT2D eigenvalue weighted by Crippen LogP contribution is -2.53. The maximum Gasteiger partial charge on any atom is 0.0639 e. The molecule has 0 amide bonds. The number of hydrogen-bond donors (Lipinski definition) is 0. The van der Waals surface area contributed by atoms with Gasteiger partial charge in [0.1, 0.15) is 0 Å². The highest BCUT2D eigenvalue weighted by Crippen LogP contribution is 2.27. The average molecular weight is 308 g/mol. The van der Waals surface area contributed by atoms with Crippen LogP contribution in [0.1, 0.15) is 19.8 Å². The van der Waals surface area contributed by atoms with Crippen LogP contribution >= 0.6 is 11.6 Å². The van der Waals surface area contributed by atoms with Crippen molar-refractivity contribution in [3.05, 3.63) is 29.3 Å². The maximum absolute atomic E-state index is 6.31. The van der Waals surface area contributed by atoms with Gasteiger partial charge in [-0.1, -0.05) is 30.7 Å². The van der Waals surface area contributed by atoms with Crippen molar-refractivity contribution in [2.45, 2.75) is 25.8 Å². The minimum atomic E-state index is 0.793. The van der Waals surface area contributed by atoms with Crippen molar-refractivity contribution in [2.24, 2.45) is 0 Å². The first kappa shape index (κ1) is 15.1. The van der Waals surface area contributed by atoms with Crippen molar-refractivity contribution < 1.29 is 0 Å². The van der Waals surface area contributed by atoms with Crippen LogP contribution in [0.3, 0.4) is 0 Å². The highest BCUT2D eigenvalue weighted by Gasteiger charge is 2.27. The van der Waals surface area contributed by atoms with Gasteiger partial charge in [0.15, 0.2) is 0 Å². The smallest absolute Gasteiger partial charge is 0.0639 e. The molecular weight excluding hydrogens is 282 g/mol. The summed E-state index contributed by atoms with van der Waals surface area (Å²) in [6, 6.07) is 9.00. The molecule has 0 radical (unpaired) electrons. The molecule has 0 aromatic heterocycles. The van der Waals surface area contributed by atoms with Crippen LogP contribution in [-0.2, 0) is 0 Å². The third kappa shape index (κ3) is 3.53. The Morgan fingerprint density at radius 1 is 1.00 bits per heavy atom. The van der Waals surface area contributed by atoms with E-state index in [1.807, 2.05) is 12.1 Å². The molecule has 1 aromatic carbocycles. The summed E-state index contributed by atoms with van der Waals surface area (Å²) in [6.07, 6.45) is 2.67. The van der Waals surface area contributed by atoms with Gasteiger partial charge in [-0.15, -0.1) is 0 Å². The number of anilines is 1. The molecule has 2 aliphatic heterocycles. The van der Waals surface area contributed by atoms with Crippen molar-refractivity contribution in [2.75, 3.05) is 50.7 Å². The van der Waals surface area contributed by atoms with Gasteiger partial charge in [0, 0.05) is 32.2 Å². The van der Waals surface area contributed by atoms with Crippen LogP contribution in [0.25, 0.3) is 0 Å². The van der Waals surface area contributed by atoms with E-state index in [1.165, 1.54) is 51.3 Å². The van der Waals surface area contributed by atoms with Crippen LogP contribution in [0.4, 0.5) is 5.69 Å². The van der Waals surface area contributed by atoms with E-state index in [0.717, 1.165) is 24.2 Å². The summed E-state index contributed by atoms with van der Waals surface area (Å²) in [5.41, 5.74) is 1.19. The Morgan fingerprint density at radius 3 is 2.29 bits per heavy atom. The SMILES string of the molecule is CCN1CCC(N2CCN(c3ccccc3Cl)CC2)CC1. The minimum Gasteiger partial charge on any atom is -0.368 e. The number of nitrogens with zero attached hydrogens (tertiary/aromatic N) is 3. The Kier molecular flexibility index (Phi) is 5.04. The first-order valence-corrected chi connectivity index (χ1v) is 8.61. The fraction of sp³-hybridized carbons (Fsp3) is 0.647. The molecule has 0 unspecified atom stereocenters. The molecular formula is C17H26ClN3. The molecule has 0 N–H and O–H groups in total. The molecule has 0 bridgehead atoms. The van der Waals surface area contributed by atoms with Gasteiger partial charge in [-0.3, -0.25) is 4.90 Å². The van der Waals surface area contributed by atoms with E-state index in [1.54, 1.807) is 0 Å². The van der Waals surface area contributed by atoms with Crippen LogP contribution in [0.2, 0.25) is 5.02 Å². The normalized spacial score (nSPS) is 22.7. The molecule has 21 heavy (non-hydrogen) atoms. The number of piperidine rings is 1. The number of rotatable bonds is 3. The lowest BCUT2D eigenvalue weighted by Gasteiger charge is -2.43. The van der Waals surface area contributed by atoms with Gasteiger partial charge in [0.2, 0.25) is 0 Å². The summed E-state index contributed by atoms with van der Waals surface area (Å²) in [4.78, 5) is 7.69. The van der Waals surface area contributed by atoms with Crippen molar-refractivity contribution >= 4 is 17.3 Å². The first-order valence-electron chi connectivity index (χ1n) is 8.24. The fourth-order valence-corrected chi connectivity index (χ4v) is 3.89. The van der Waals surface area contributed by atoms with E-state index >= 15 is 0 Å². The molecule has 2 aliphatic rings. The number of likely N-dealkylation sites (tertiary alicyclic amines) is 1. The molecule has 4 heteroatoms. The first-order chi connectivity index (χ1) is 10.3. The van der Waals surface area contributed by atoms with E-state index < -0.39 is 0 Å². The van der Waals surface area contributed by atoms with Gasteiger partial charge in [0.25, 0.3) is 0 Å². The second kappa shape index (κ2) is 6.99. The molecule has 0 spiro atoms. The molecule has 2 fully saturated rings. The summed E-state index contributed by atoms with van der Waals surface area (Å²) >= 11 is 6.31. The Labute approximate surface area is 133 Å². The predicted molar refractivity (Wildman–Crippen MR) is 90.4 cm³/mol. The molecule has 0 saturated carbocycles. The van der Waals surface area contributed by atoms with Gasteiger partial charge in [-0.25, -0.2) is 0 Å². The Balaban J connectivity index is 1.53. The lowest BCUT2D eigenvalue weighted by atomic mass is 10.0. The molecule has 0 atom stereocenters. The van der Waals surface area contributed by atoms with E-state index in [9.17, 15) is 0 Å². The highest BCUT2D eigenvalue weighted by atomic mass is 35.5. The second-order valence-corrected chi connectivity index (χ2v) is 6.55. The van der Waals surface area contributed by atoms with Crippen molar-refractivity contribution in [3.8, 4) is 0 Å². The Morgan fingerprint density at radius 2 is 1.67 bits per heavy atom. The molecule has 2 saturated heterocycles. The lowest BCUT2D eigenvalue weighted by molar-refractivity contribution is 0.106. The van der Waals surface area contributed by atoms with E-state index in [4.69, 9.17) is 11.6 Å². The summed E-state index contributed by atoms with van der Waals surface area (Å²) in [7, 11) is 0. The number of halogens is 1. The zero-order valence-electron chi connectivity index (χ0n) is 13.0. The quantitative estimate of drug-likeness (QED) is 0.850. The Bertz CT molecular complexity index is 449. The average Bonchev–Trinajstić information content (AvgIpc) is 2.56. The van der Waals surface area contributed by atoms with Gasteiger partial charge < -0.3 is 9.80 Å². The van der Waals surface area contributed by atoms with Crippen LogP contribution in [0.15, 0.2) is 24.3 Å². The Hall–Kier alpha value is -0.770. The summed E-state index contributed by atoms with van der Waals surface area (Å²) in [6.45, 7) is 10.5. The highest BCUT2D eigenvalue weighted by molar-refractivity contribution is 6.33. The van der Waals surface area contributed by atoms with Gasteiger partial charge >= 0.3 is 0 Å². The van der Waals surface area contributed by atoms with Gasteiger partial charge in [-0.2, -0.15) is 0 Å². The topological polar surface area (TPSA) is 9.72 Å². The fourth-order valence-electron chi connectivity index (χ4n) is 3.64. The molecule has 1 aromatic rings. The monoisotopic (exact) mass is 307 g/mol. The predicted octanol–water partition coefficient (Wildman–Crippen LogP) is 2.95. The summed E-state index contributed by atoms with van der Waals surface area (Å²) in [5.74, 6) is 0. The van der Waals surface area contributed by atoms with E-state index in [-0.39, 0.29) is 0 Å². The summed E-state index contributed by atoms with van der Waals surface area (Å²) in [5, 5.41) is 0.877. The maximum atomic E-state index is 6.31. The second-order valence-electron chi connectivity index (χ2n) is 6.14. The molecule has 0 aliphatic carbocycles. The third-order valence-corrected chi connectivity index (χ3v) is 5.35. The van der Waals surface area contributed by atoms with Crippen molar-refractivity contribution in [3.63, 3.8) is 0 Å². The summed E-state index contributed by atoms with van der Waals surface area (Å²) < 4.78 is 0. The number of piperazine rings is 1. The van der Waals surface area contributed by atoms with E-state index in [0.29, 0.717) is 0 Å². The zero-order chi connectivity index (χ0) is 14.7. The largest absolute Gasteiger partial charge is 0.368 e. The molecule has 3 nitrogen and oxygen atoms in total. The third-order valence-electron chi connectivity index (χ3n) is 5.03. The molecule has 3 rings (SSSR count). The number of benzene rings is 1. The van der Waals surface area contributed by atoms with Crippen LogP contribution < -0.4 is 4.90 Å². The van der Waals surface area contributed by atoms with Gasteiger partial charge in [-0.05, 0) is 44.6 Å². The molecule has 116 valence electrons. The molecule has 2 heterocycles. The van der Waals surface area contributed by atoms with Crippen LogP contribution in [-0.4, -0.2) is 61.7 Å². The van der Waals surface area contributed by atoms with Gasteiger partial charge in [0.05, 0.1) is 10.7 Å². The van der Waals surface area contributed by atoms with E-state index in [2.05, 4.69) is 33.8 Å². The number of hydrogen-bond acceptors (Lipinski definition) is 3. The minimum absolute atomic E-state index is 0.793. The number of para-hydroxylation sites is 1. The zero-order valence-corrected chi connectivity index (χ0v) is 13.7. The van der Waals surface area contributed by atoms with Crippen LogP contribution in [0.5, 0.6) is 0 Å². The standard InChI is InChI=1S/C17H26ClN3/c1-2-19-9-7-15(8-10-19)20-11-13-21(14-12-20)17-6-4-3-5-16(17)18/h3-6,15H,2,7-14H2,1H3. The van der Waals surface area contributed by atoms with Crippen molar-refractivity contribution in [1.82, 2.24) is 9.80 Å². The van der Waals surface area contributed by atoms with Crippen LogP contribution in [0, 0.1) is 0 Å². The van der Waals surface area contributed by atoms with Crippen molar-refractivity contribution in [1.29, 1.82) is 0 Å².